The molecule has 3 aromatic rings. The molecule has 2 saturated carbocycles. The highest BCUT2D eigenvalue weighted by atomic mass is 15.3. The van der Waals surface area contributed by atoms with Crippen LogP contribution in [0.15, 0.2) is 24.7 Å². The molecule has 8 heteroatoms. The number of aromatic amines is 1. The van der Waals surface area contributed by atoms with Crippen LogP contribution in [0.4, 0.5) is 5.82 Å². The Kier molecular flexibility index (Phi) is 5.22. The summed E-state index contributed by atoms with van der Waals surface area (Å²) in [5, 5.41) is 18.1. The Morgan fingerprint density at radius 2 is 1.85 bits per heavy atom. The normalized spacial score (nSPS) is 21.2. The van der Waals surface area contributed by atoms with Gasteiger partial charge < -0.3 is 4.90 Å². The Morgan fingerprint density at radius 3 is 2.61 bits per heavy atom. The molecular formula is C25H30N8. The van der Waals surface area contributed by atoms with Gasteiger partial charge in [-0.05, 0) is 37.7 Å². The van der Waals surface area contributed by atoms with Gasteiger partial charge in [0.05, 0.1) is 34.6 Å². The molecule has 2 aliphatic carbocycles. The van der Waals surface area contributed by atoms with Gasteiger partial charge in [-0.3, -0.25) is 15.0 Å². The first-order chi connectivity index (χ1) is 16.2. The van der Waals surface area contributed by atoms with Gasteiger partial charge in [0, 0.05) is 44.2 Å². The van der Waals surface area contributed by atoms with E-state index in [1.807, 2.05) is 12.1 Å². The minimum Gasteiger partial charge on any atom is -0.354 e. The van der Waals surface area contributed by atoms with Crippen molar-refractivity contribution in [2.24, 2.45) is 5.92 Å². The first kappa shape index (κ1) is 20.5. The van der Waals surface area contributed by atoms with E-state index >= 15 is 0 Å². The monoisotopic (exact) mass is 442 g/mol. The summed E-state index contributed by atoms with van der Waals surface area (Å²) in [7, 11) is 0. The maximum atomic E-state index is 9.57. The third-order valence-corrected chi connectivity index (χ3v) is 7.73. The maximum absolute atomic E-state index is 9.57. The molecule has 33 heavy (non-hydrogen) atoms. The summed E-state index contributed by atoms with van der Waals surface area (Å²) in [6.45, 7) is 5.41. The van der Waals surface area contributed by atoms with Gasteiger partial charge in [0.1, 0.15) is 17.8 Å². The number of hydrogen-bond donors (Lipinski definition) is 1. The average Bonchev–Trinajstić information content (AvgIpc) is 3.57. The van der Waals surface area contributed by atoms with Crippen LogP contribution in [-0.4, -0.2) is 62.8 Å². The molecule has 1 aliphatic heterocycles. The van der Waals surface area contributed by atoms with E-state index < -0.39 is 5.41 Å². The van der Waals surface area contributed by atoms with E-state index in [1.165, 1.54) is 38.6 Å². The van der Waals surface area contributed by atoms with Crippen LogP contribution in [-0.2, 0) is 5.41 Å². The van der Waals surface area contributed by atoms with Crippen molar-refractivity contribution in [1.29, 1.82) is 5.26 Å². The average molecular weight is 443 g/mol. The number of H-pyrrole nitrogens is 1. The summed E-state index contributed by atoms with van der Waals surface area (Å²) >= 11 is 0. The standard InChI is InChI=1S/C25H30N8/c26-16-25(6-7-25)22-12-19-21(14-27-22)30-31-24(19)20-13-23(29-17-28-20)33-10-8-32(9-11-33)15-18-4-2-1-3-5-18/h12-14,17-18H,1-11,15H2,(H,30,31). The van der Waals surface area contributed by atoms with E-state index in [1.54, 1.807) is 12.5 Å². The van der Waals surface area contributed by atoms with E-state index in [2.05, 4.69) is 41.0 Å². The zero-order valence-corrected chi connectivity index (χ0v) is 19.0. The number of nitrogens with zero attached hydrogens (tertiary/aromatic N) is 7. The zero-order valence-electron chi connectivity index (χ0n) is 19.0. The summed E-state index contributed by atoms with van der Waals surface area (Å²) in [6.07, 6.45) is 12.2. The van der Waals surface area contributed by atoms with E-state index in [0.717, 1.165) is 78.7 Å². The summed E-state index contributed by atoms with van der Waals surface area (Å²) in [4.78, 5) is 18.6. The van der Waals surface area contributed by atoms with Crippen LogP contribution in [0, 0.1) is 17.2 Å². The van der Waals surface area contributed by atoms with Gasteiger partial charge in [-0.1, -0.05) is 19.3 Å². The molecule has 170 valence electrons. The second-order valence-corrected chi connectivity index (χ2v) is 9.93. The fourth-order valence-electron chi connectivity index (χ4n) is 5.47. The summed E-state index contributed by atoms with van der Waals surface area (Å²) < 4.78 is 0. The van der Waals surface area contributed by atoms with Crippen molar-refractivity contribution in [2.45, 2.75) is 50.4 Å². The number of pyridine rings is 1. The lowest BCUT2D eigenvalue weighted by Crippen LogP contribution is -2.48. The lowest BCUT2D eigenvalue weighted by Gasteiger charge is -2.37. The minimum atomic E-state index is -0.420. The predicted molar refractivity (Wildman–Crippen MR) is 127 cm³/mol. The highest BCUT2D eigenvalue weighted by molar-refractivity contribution is 5.92. The van der Waals surface area contributed by atoms with E-state index in [4.69, 9.17) is 0 Å². The molecule has 0 atom stereocenters. The Bertz CT molecular complexity index is 1180. The first-order valence-electron chi connectivity index (χ1n) is 12.3. The Balaban J connectivity index is 1.19. The van der Waals surface area contributed by atoms with Crippen LogP contribution in [0.25, 0.3) is 22.3 Å². The minimum absolute atomic E-state index is 0.420. The molecule has 0 spiro atoms. The number of fused-ring (bicyclic) bond motifs is 1. The topological polar surface area (TPSA) is 97.6 Å². The molecule has 3 fully saturated rings. The number of nitriles is 1. The van der Waals surface area contributed by atoms with Gasteiger partial charge in [-0.25, -0.2) is 9.97 Å². The summed E-state index contributed by atoms with van der Waals surface area (Å²) in [5.74, 6) is 1.84. The zero-order chi connectivity index (χ0) is 22.3. The quantitative estimate of drug-likeness (QED) is 0.644. The molecule has 1 saturated heterocycles. The smallest absolute Gasteiger partial charge is 0.132 e. The first-order valence-corrected chi connectivity index (χ1v) is 12.3. The van der Waals surface area contributed by atoms with Crippen molar-refractivity contribution in [1.82, 2.24) is 30.0 Å². The van der Waals surface area contributed by atoms with Crippen molar-refractivity contribution >= 4 is 16.7 Å². The molecule has 0 amide bonds. The Hall–Kier alpha value is -3.05. The van der Waals surface area contributed by atoms with Crippen molar-refractivity contribution < 1.29 is 0 Å². The Morgan fingerprint density at radius 1 is 1.03 bits per heavy atom. The molecule has 3 aliphatic rings. The van der Waals surface area contributed by atoms with Crippen molar-refractivity contribution in [3.8, 4) is 17.5 Å². The van der Waals surface area contributed by atoms with E-state index in [-0.39, 0.29) is 0 Å². The predicted octanol–water partition coefficient (Wildman–Crippen LogP) is 3.67. The van der Waals surface area contributed by atoms with Crippen LogP contribution >= 0.6 is 0 Å². The molecule has 1 N–H and O–H groups in total. The van der Waals surface area contributed by atoms with Gasteiger partial charge in [0.15, 0.2) is 0 Å². The molecule has 4 heterocycles. The fourth-order valence-corrected chi connectivity index (χ4v) is 5.47. The third kappa shape index (κ3) is 3.95. The van der Waals surface area contributed by atoms with Crippen LogP contribution in [0.5, 0.6) is 0 Å². The van der Waals surface area contributed by atoms with Crippen LogP contribution in [0.2, 0.25) is 0 Å². The van der Waals surface area contributed by atoms with Crippen molar-refractivity contribution in [3.05, 3.63) is 30.4 Å². The number of piperazine rings is 1. The second-order valence-electron chi connectivity index (χ2n) is 9.93. The number of nitrogens with one attached hydrogen (secondary N) is 1. The van der Waals surface area contributed by atoms with Gasteiger partial charge in [0.2, 0.25) is 0 Å². The molecule has 8 nitrogen and oxygen atoms in total. The number of aromatic nitrogens is 5. The summed E-state index contributed by atoms with van der Waals surface area (Å²) in [5.41, 5.74) is 2.87. The second kappa shape index (κ2) is 8.38. The van der Waals surface area contributed by atoms with Crippen LogP contribution < -0.4 is 4.90 Å². The fraction of sp³-hybridized carbons (Fsp3) is 0.560. The van der Waals surface area contributed by atoms with Gasteiger partial charge >= 0.3 is 0 Å². The van der Waals surface area contributed by atoms with Gasteiger partial charge in [-0.2, -0.15) is 10.4 Å². The molecule has 0 radical (unpaired) electrons. The van der Waals surface area contributed by atoms with Gasteiger partial charge in [-0.15, -0.1) is 0 Å². The third-order valence-electron chi connectivity index (χ3n) is 7.73. The molecule has 6 rings (SSSR count). The van der Waals surface area contributed by atoms with Gasteiger partial charge in [0.25, 0.3) is 0 Å². The highest BCUT2D eigenvalue weighted by Gasteiger charge is 2.46. The summed E-state index contributed by atoms with van der Waals surface area (Å²) in [6, 6.07) is 6.49. The highest BCUT2D eigenvalue weighted by Crippen LogP contribution is 2.47. The SMILES string of the molecule is N#CC1(c2cc3c(-c4cc(N5CCN(CC6CCCCC6)CC5)ncn4)n[nH]c3cn2)CC1. The molecule has 3 aromatic heterocycles. The van der Waals surface area contributed by atoms with Crippen LogP contribution in [0.1, 0.15) is 50.6 Å². The Labute approximate surface area is 194 Å². The molecular weight excluding hydrogens is 412 g/mol. The van der Waals surface area contributed by atoms with E-state index in [0.29, 0.717) is 0 Å². The maximum Gasteiger partial charge on any atom is 0.132 e. The molecule has 0 unspecified atom stereocenters. The lowest BCUT2D eigenvalue weighted by molar-refractivity contribution is 0.192. The largest absolute Gasteiger partial charge is 0.354 e. The number of anilines is 1. The van der Waals surface area contributed by atoms with E-state index in [9.17, 15) is 5.26 Å². The lowest BCUT2D eigenvalue weighted by atomic mass is 9.89. The van der Waals surface area contributed by atoms with Crippen molar-refractivity contribution in [3.63, 3.8) is 0 Å². The molecule has 0 aromatic carbocycles. The number of rotatable bonds is 5. The van der Waals surface area contributed by atoms with Crippen LogP contribution in [0.3, 0.4) is 0 Å². The van der Waals surface area contributed by atoms with Crippen molar-refractivity contribution in [2.75, 3.05) is 37.6 Å². The molecule has 0 bridgehead atoms. The number of hydrogen-bond acceptors (Lipinski definition) is 7.